The minimum atomic E-state index is -3.38. The van der Waals surface area contributed by atoms with Gasteiger partial charge in [0.05, 0.1) is 12.3 Å². The van der Waals surface area contributed by atoms with Crippen molar-refractivity contribution in [2.24, 2.45) is 0 Å². The summed E-state index contributed by atoms with van der Waals surface area (Å²) in [4.78, 5) is 12.4. The van der Waals surface area contributed by atoms with E-state index in [1.165, 1.54) is 17.2 Å². The highest BCUT2D eigenvalue weighted by molar-refractivity contribution is 7.92. The van der Waals surface area contributed by atoms with Gasteiger partial charge in [-0.15, -0.1) is 0 Å². The van der Waals surface area contributed by atoms with Crippen LogP contribution in [0, 0.1) is 13.8 Å². The molecule has 0 aliphatic carbocycles. The quantitative estimate of drug-likeness (QED) is 0.873. The molecule has 0 heterocycles. The predicted octanol–water partition coefficient (Wildman–Crippen LogP) is 3.17. The molecule has 0 spiro atoms. The number of hydrogen-bond acceptors (Lipinski definition) is 3. The number of benzene rings is 2. The van der Waals surface area contributed by atoms with Crippen molar-refractivity contribution in [3.8, 4) is 0 Å². The summed E-state index contributed by atoms with van der Waals surface area (Å²) in [6.45, 7) is 6.00. The van der Waals surface area contributed by atoms with Crippen LogP contribution in [0.25, 0.3) is 0 Å². The normalized spacial score (nSPS) is 12.5. The summed E-state index contributed by atoms with van der Waals surface area (Å²) in [5.41, 5.74) is 4.17. The van der Waals surface area contributed by atoms with Crippen LogP contribution in [0.5, 0.6) is 0 Å². The third-order valence-corrected chi connectivity index (χ3v) is 4.41. The second kappa shape index (κ2) is 7.05. The Morgan fingerprint density at radius 3 is 2.38 bits per heavy atom. The van der Waals surface area contributed by atoms with Crippen molar-refractivity contribution < 1.29 is 13.2 Å². The number of sulfonamides is 1. The molecule has 2 aromatic carbocycles. The maximum absolute atomic E-state index is 12.4. The van der Waals surface area contributed by atoms with Crippen molar-refractivity contribution in [2.45, 2.75) is 26.8 Å². The second-order valence-corrected chi connectivity index (χ2v) is 7.74. The van der Waals surface area contributed by atoms with Crippen molar-refractivity contribution in [3.05, 3.63) is 64.7 Å². The van der Waals surface area contributed by atoms with E-state index >= 15 is 0 Å². The van der Waals surface area contributed by atoms with Crippen molar-refractivity contribution in [1.82, 2.24) is 5.32 Å². The topological polar surface area (TPSA) is 75.3 Å². The summed E-state index contributed by atoms with van der Waals surface area (Å²) in [7, 11) is -3.38. The zero-order valence-electron chi connectivity index (χ0n) is 14.3. The van der Waals surface area contributed by atoms with Gasteiger partial charge < -0.3 is 5.32 Å². The lowest BCUT2D eigenvalue weighted by atomic mass is 10.0. The number of carbonyl (C=O) groups is 1. The molecule has 0 radical (unpaired) electrons. The molecule has 0 unspecified atom stereocenters. The molecule has 0 aliphatic heterocycles. The molecule has 0 saturated carbocycles. The molecular weight excluding hydrogens is 324 g/mol. The molecule has 2 N–H and O–H groups in total. The summed E-state index contributed by atoms with van der Waals surface area (Å²) in [6.07, 6.45) is 1.07. The van der Waals surface area contributed by atoms with Gasteiger partial charge in [0.15, 0.2) is 0 Å². The van der Waals surface area contributed by atoms with E-state index in [-0.39, 0.29) is 11.9 Å². The Morgan fingerprint density at radius 2 is 1.75 bits per heavy atom. The lowest BCUT2D eigenvalue weighted by Gasteiger charge is -2.16. The lowest BCUT2D eigenvalue weighted by Crippen LogP contribution is -2.26. The number of aryl methyl sites for hydroxylation is 2. The molecule has 0 fully saturated rings. The van der Waals surface area contributed by atoms with E-state index in [4.69, 9.17) is 0 Å². The van der Waals surface area contributed by atoms with Crippen LogP contribution in [0.3, 0.4) is 0 Å². The standard InChI is InChI=1S/C18H22N2O3S/c1-12-8-9-15(10-13(12)2)14(3)19-18(21)16-6-5-7-17(11-16)20-24(4,22)23/h5-11,14,20H,1-4H3,(H,19,21)/t14-/m0/s1. The smallest absolute Gasteiger partial charge is 0.251 e. The summed E-state index contributed by atoms with van der Waals surface area (Å²) < 4.78 is 25.0. The molecule has 1 atom stereocenters. The highest BCUT2D eigenvalue weighted by atomic mass is 32.2. The Bertz CT molecular complexity index is 860. The molecule has 2 rings (SSSR count). The average Bonchev–Trinajstić information content (AvgIpc) is 2.48. The molecule has 128 valence electrons. The molecule has 1 amide bonds. The number of rotatable bonds is 5. The summed E-state index contributed by atoms with van der Waals surface area (Å²) in [6, 6.07) is 12.3. The van der Waals surface area contributed by atoms with Gasteiger partial charge in [0.25, 0.3) is 5.91 Å². The van der Waals surface area contributed by atoms with Gasteiger partial charge in [0, 0.05) is 11.3 Å². The van der Waals surface area contributed by atoms with Gasteiger partial charge in [0.2, 0.25) is 10.0 Å². The lowest BCUT2D eigenvalue weighted by molar-refractivity contribution is 0.0940. The van der Waals surface area contributed by atoms with Gasteiger partial charge in [0.1, 0.15) is 0 Å². The van der Waals surface area contributed by atoms with Crippen LogP contribution in [0.2, 0.25) is 0 Å². The molecule has 6 heteroatoms. The first-order chi connectivity index (χ1) is 11.2. The van der Waals surface area contributed by atoms with Crippen LogP contribution >= 0.6 is 0 Å². The van der Waals surface area contributed by atoms with Crippen molar-refractivity contribution in [1.29, 1.82) is 0 Å². The minimum Gasteiger partial charge on any atom is -0.346 e. The van der Waals surface area contributed by atoms with Gasteiger partial charge in [-0.05, 0) is 55.7 Å². The van der Waals surface area contributed by atoms with Crippen LogP contribution in [-0.4, -0.2) is 20.6 Å². The fourth-order valence-electron chi connectivity index (χ4n) is 2.34. The Kier molecular flexibility index (Phi) is 5.29. The largest absolute Gasteiger partial charge is 0.346 e. The zero-order valence-corrected chi connectivity index (χ0v) is 15.1. The number of anilines is 1. The first-order valence-corrected chi connectivity index (χ1v) is 9.51. The molecule has 0 saturated heterocycles. The SMILES string of the molecule is Cc1ccc([C@H](C)NC(=O)c2cccc(NS(C)(=O)=O)c2)cc1C. The maximum Gasteiger partial charge on any atom is 0.251 e. The van der Waals surface area contributed by atoms with E-state index in [1.54, 1.807) is 18.2 Å². The van der Waals surface area contributed by atoms with E-state index in [0.29, 0.717) is 11.3 Å². The summed E-state index contributed by atoms with van der Waals surface area (Å²) in [5.74, 6) is -0.252. The van der Waals surface area contributed by atoms with Gasteiger partial charge in [-0.25, -0.2) is 8.42 Å². The van der Waals surface area contributed by atoms with Crippen LogP contribution in [-0.2, 0) is 10.0 Å². The van der Waals surface area contributed by atoms with Crippen molar-refractivity contribution in [2.75, 3.05) is 11.0 Å². The van der Waals surface area contributed by atoms with Crippen LogP contribution < -0.4 is 10.0 Å². The van der Waals surface area contributed by atoms with Crippen molar-refractivity contribution >= 4 is 21.6 Å². The average molecular weight is 346 g/mol. The summed E-state index contributed by atoms with van der Waals surface area (Å²) >= 11 is 0. The Balaban J connectivity index is 2.14. The molecule has 2 aromatic rings. The first-order valence-electron chi connectivity index (χ1n) is 7.61. The number of hydrogen-bond donors (Lipinski definition) is 2. The predicted molar refractivity (Wildman–Crippen MR) is 96.7 cm³/mol. The second-order valence-electron chi connectivity index (χ2n) is 5.99. The molecule has 0 bridgehead atoms. The van der Waals surface area contributed by atoms with Gasteiger partial charge in [-0.1, -0.05) is 24.3 Å². The fourth-order valence-corrected chi connectivity index (χ4v) is 2.89. The van der Waals surface area contributed by atoms with E-state index in [1.807, 2.05) is 32.9 Å². The molecule has 5 nitrogen and oxygen atoms in total. The highest BCUT2D eigenvalue weighted by Gasteiger charge is 2.13. The van der Waals surface area contributed by atoms with E-state index < -0.39 is 10.0 Å². The van der Waals surface area contributed by atoms with Crippen LogP contribution in [0.1, 0.15) is 40.0 Å². The van der Waals surface area contributed by atoms with E-state index in [9.17, 15) is 13.2 Å². The monoisotopic (exact) mass is 346 g/mol. The number of amides is 1. The Morgan fingerprint density at radius 1 is 1.04 bits per heavy atom. The molecule has 0 aromatic heterocycles. The Labute approximate surface area is 143 Å². The highest BCUT2D eigenvalue weighted by Crippen LogP contribution is 2.18. The van der Waals surface area contributed by atoms with E-state index in [2.05, 4.69) is 16.1 Å². The van der Waals surface area contributed by atoms with Crippen LogP contribution in [0.4, 0.5) is 5.69 Å². The van der Waals surface area contributed by atoms with E-state index in [0.717, 1.165) is 11.8 Å². The first kappa shape index (κ1) is 18.0. The zero-order chi connectivity index (χ0) is 17.9. The molecule has 0 aliphatic rings. The van der Waals surface area contributed by atoms with Gasteiger partial charge >= 0.3 is 0 Å². The molecular formula is C18H22N2O3S. The Hall–Kier alpha value is -2.34. The number of nitrogens with one attached hydrogen (secondary N) is 2. The summed E-state index contributed by atoms with van der Waals surface area (Å²) in [5, 5.41) is 2.93. The van der Waals surface area contributed by atoms with Gasteiger partial charge in [-0.2, -0.15) is 0 Å². The third-order valence-electron chi connectivity index (χ3n) is 3.81. The van der Waals surface area contributed by atoms with Crippen molar-refractivity contribution in [3.63, 3.8) is 0 Å². The third kappa shape index (κ3) is 4.83. The minimum absolute atomic E-state index is 0.150. The van der Waals surface area contributed by atoms with Crippen LogP contribution in [0.15, 0.2) is 42.5 Å². The van der Waals surface area contributed by atoms with Gasteiger partial charge in [-0.3, -0.25) is 9.52 Å². The maximum atomic E-state index is 12.4. The fraction of sp³-hybridized carbons (Fsp3) is 0.278. The molecule has 24 heavy (non-hydrogen) atoms. The number of carbonyl (C=O) groups excluding carboxylic acids is 1.